The second-order valence-electron chi connectivity index (χ2n) is 4.98. The van der Waals surface area contributed by atoms with Crippen LogP contribution in [0.15, 0.2) is 0 Å². The van der Waals surface area contributed by atoms with Crippen LogP contribution in [0.1, 0.15) is 20.3 Å². The molecule has 1 fully saturated rings. The summed E-state index contributed by atoms with van der Waals surface area (Å²) in [6, 6.07) is -0.355. The highest BCUT2D eigenvalue weighted by molar-refractivity contribution is 7.99. The van der Waals surface area contributed by atoms with E-state index in [1.807, 2.05) is 11.8 Å². The van der Waals surface area contributed by atoms with E-state index in [9.17, 15) is 4.79 Å². The molecule has 0 aromatic carbocycles. The minimum atomic E-state index is -0.355. The first-order chi connectivity index (χ1) is 8.09. The molecule has 0 radical (unpaired) electrons. The van der Waals surface area contributed by atoms with Crippen molar-refractivity contribution < 1.29 is 4.79 Å². The molecular weight excluding hydrogens is 234 g/mol. The Bertz CT molecular complexity index is 230. The van der Waals surface area contributed by atoms with Gasteiger partial charge in [-0.25, -0.2) is 0 Å². The number of carbonyl (C=O) groups is 1. The topological polar surface area (TPSA) is 58.4 Å². The van der Waals surface area contributed by atoms with Crippen molar-refractivity contribution >= 4 is 17.7 Å². The Morgan fingerprint density at radius 2 is 2.06 bits per heavy atom. The van der Waals surface area contributed by atoms with Crippen molar-refractivity contribution in [3.63, 3.8) is 0 Å². The summed E-state index contributed by atoms with van der Waals surface area (Å²) in [5.41, 5.74) is 5.81. The number of hydrogen-bond donors (Lipinski definition) is 2. The van der Waals surface area contributed by atoms with Crippen LogP contribution in [-0.4, -0.2) is 54.5 Å². The summed E-state index contributed by atoms with van der Waals surface area (Å²) in [6.07, 6.45) is 0.756. The fraction of sp³-hybridized carbons (Fsp3) is 0.917. The maximum absolute atomic E-state index is 11.7. The Balaban J connectivity index is 2.10. The van der Waals surface area contributed by atoms with Crippen molar-refractivity contribution in [2.24, 2.45) is 11.7 Å². The van der Waals surface area contributed by atoms with Gasteiger partial charge in [0.1, 0.15) is 0 Å². The summed E-state index contributed by atoms with van der Waals surface area (Å²) < 4.78 is 0. The summed E-state index contributed by atoms with van der Waals surface area (Å²) in [5.74, 6) is 2.88. The van der Waals surface area contributed by atoms with Crippen molar-refractivity contribution in [2.45, 2.75) is 26.3 Å². The van der Waals surface area contributed by atoms with Crippen LogP contribution in [-0.2, 0) is 4.79 Å². The van der Waals surface area contributed by atoms with Crippen LogP contribution in [0, 0.1) is 5.92 Å². The molecule has 4 nitrogen and oxygen atoms in total. The number of hydrogen-bond acceptors (Lipinski definition) is 4. The largest absolute Gasteiger partial charge is 0.353 e. The first-order valence-electron chi connectivity index (χ1n) is 6.43. The lowest BCUT2D eigenvalue weighted by molar-refractivity contribution is -0.122. The molecule has 0 saturated carbocycles. The van der Waals surface area contributed by atoms with Gasteiger partial charge in [0.25, 0.3) is 0 Å². The van der Waals surface area contributed by atoms with Gasteiger partial charge in [0.15, 0.2) is 0 Å². The predicted octanol–water partition coefficient (Wildman–Crippen LogP) is 0.525. The molecule has 1 amide bonds. The summed E-state index contributed by atoms with van der Waals surface area (Å²) in [4.78, 5) is 14.1. The van der Waals surface area contributed by atoms with Crippen molar-refractivity contribution in [3.05, 3.63) is 0 Å². The zero-order chi connectivity index (χ0) is 12.7. The van der Waals surface area contributed by atoms with Crippen molar-refractivity contribution in [3.8, 4) is 0 Å². The van der Waals surface area contributed by atoms with E-state index in [4.69, 9.17) is 5.73 Å². The highest BCUT2D eigenvalue weighted by atomic mass is 32.2. The van der Waals surface area contributed by atoms with Gasteiger partial charge in [-0.3, -0.25) is 9.69 Å². The van der Waals surface area contributed by atoms with Gasteiger partial charge in [-0.15, -0.1) is 0 Å². The van der Waals surface area contributed by atoms with E-state index in [-0.39, 0.29) is 11.9 Å². The molecule has 1 atom stereocenters. The van der Waals surface area contributed by atoms with Gasteiger partial charge in [-0.1, -0.05) is 13.8 Å². The van der Waals surface area contributed by atoms with E-state index in [0.717, 1.165) is 32.6 Å². The molecule has 0 aromatic heterocycles. The average Bonchev–Trinajstić information content (AvgIpc) is 2.29. The molecule has 0 unspecified atom stereocenters. The van der Waals surface area contributed by atoms with Crippen LogP contribution in [0.3, 0.4) is 0 Å². The summed E-state index contributed by atoms with van der Waals surface area (Å²) in [5, 5.41) is 2.92. The molecule has 17 heavy (non-hydrogen) atoms. The van der Waals surface area contributed by atoms with E-state index < -0.39 is 0 Å². The number of thioether (sulfide) groups is 1. The molecule has 1 saturated heterocycles. The SMILES string of the molecule is CC(C)C[C@H](N)C(=O)NCCN1CCSCC1. The Morgan fingerprint density at radius 3 is 2.65 bits per heavy atom. The maximum Gasteiger partial charge on any atom is 0.236 e. The fourth-order valence-electron chi connectivity index (χ4n) is 1.91. The van der Waals surface area contributed by atoms with E-state index in [1.165, 1.54) is 11.5 Å². The van der Waals surface area contributed by atoms with Gasteiger partial charge in [-0.2, -0.15) is 11.8 Å². The number of rotatable bonds is 6. The summed E-state index contributed by atoms with van der Waals surface area (Å²) >= 11 is 2.00. The fourth-order valence-corrected chi connectivity index (χ4v) is 2.89. The van der Waals surface area contributed by atoms with Crippen LogP contribution in [0.25, 0.3) is 0 Å². The lowest BCUT2D eigenvalue weighted by Gasteiger charge is -2.26. The van der Waals surface area contributed by atoms with Gasteiger partial charge >= 0.3 is 0 Å². The van der Waals surface area contributed by atoms with E-state index in [1.54, 1.807) is 0 Å². The summed E-state index contributed by atoms with van der Waals surface area (Å²) in [7, 11) is 0. The number of carbonyl (C=O) groups excluding carboxylic acids is 1. The Labute approximate surface area is 109 Å². The van der Waals surface area contributed by atoms with Crippen LogP contribution in [0.4, 0.5) is 0 Å². The van der Waals surface area contributed by atoms with E-state index >= 15 is 0 Å². The van der Waals surface area contributed by atoms with Gasteiger partial charge in [-0.05, 0) is 12.3 Å². The number of amides is 1. The molecule has 0 aliphatic carbocycles. The van der Waals surface area contributed by atoms with Crippen LogP contribution >= 0.6 is 11.8 Å². The highest BCUT2D eigenvalue weighted by Gasteiger charge is 2.15. The molecule has 100 valence electrons. The van der Waals surface area contributed by atoms with Gasteiger partial charge in [0.2, 0.25) is 5.91 Å². The van der Waals surface area contributed by atoms with Crippen molar-refractivity contribution in [1.29, 1.82) is 0 Å². The monoisotopic (exact) mass is 259 g/mol. The lowest BCUT2D eigenvalue weighted by atomic mass is 10.0. The molecule has 1 rings (SSSR count). The van der Waals surface area contributed by atoms with Crippen LogP contribution < -0.4 is 11.1 Å². The molecule has 1 aliphatic heterocycles. The van der Waals surface area contributed by atoms with Crippen molar-refractivity contribution in [1.82, 2.24) is 10.2 Å². The number of nitrogens with two attached hydrogens (primary N) is 1. The molecule has 5 heteroatoms. The Hall–Kier alpha value is -0.260. The summed E-state index contributed by atoms with van der Waals surface area (Å²) in [6.45, 7) is 8.10. The average molecular weight is 259 g/mol. The van der Waals surface area contributed by atoms with Crippen LogP contribution in [0.2, 0.25) is 0 Å². The Morgan fingerprint density at radius 1 is 1.41 bits per heavy atom. The van der Waals surface area contributed by atoms with Gasteiger partial charge < -0.3 is 11.1 Å². The predicted molar refractivity (Wildman–Crippen MR) is 74.2 cm³/mol. The standard InChI is InChI=1S/C12H25N3OS/c1-10(2)9-11(13)12(16)14-3-4-15-5-7-17-8-6-15/h10-11H,3-9,13H2,1-2H3,(H,14,16)/t11-/m0/s1. The van der Waals surface area contributed by atoms with Gasteiger partial charge in [0.05, 0.1) is 6.04 Å². The third kappa shape index (κ3) is 6.29. The quantitative estimate of drug-likeness (QED) is 0.730. The number of nitrogens with zero attached hydrogens (tertiary/aromatic N) is 1. The second kappa shape index (κ2) is 7.95. The highest BCUT2D eigenvalue weighted by Crippen LogP contribution is 2.08. The van der Waals surface area contributed by atoms with Gasteiger partial charge in [0, 0.05) is 37.7 Å². The van der Waals surface area contributed by atoms with Crippen molar-refractivity contribution in [2.75, 3.05) is 37.7 Å². The zero-order valence-corrected chi connectivity index (χ0v) is 11.8. The van der Waals surface area contributed by atoms with E-state index in [0.29, 0.717) is 5.92 Å². The molecule has 1 aliphatic rings. The second-order valence-corrected chi connectivity index (χ2v) is 6.21. The molecular formula is C12H25N3OS. The zero-order valence-electron chi connectivity index (χ0n) is 10.9. The first-order valence-corrected chi connectivity index (χ1v) is 7.58. The molecule has 1 heterocycles. The molecule has 0 bridgehead atoms. The number of nitrogens with one attached hydrogen (secondary N) is 1. The minimum absolute atomic E-state index is 0.00918. The minimum Gasteiger partial charge on any atom is -0.353 e. The third-order valence-electron chi connectivity index (χ3n) is 2.89. The maximum atomic E-state index is 11.7. The first kappa shape index (κ1) is 14.8. The Kier molecular flexibility index (Phi) is 6.92. The third-order valence-corrected chi connectivity index (χ3v) is 3.84. The molecule has 3 N–H and O–H groups in total. The smallest absolute Gasteiger partial charge is 0.236 e. The molecule has 0 spiro atoms. The normalized spacial score (nSPS) is 19.3. The van der Waals surface area contributed by atoms with E-state index in [2.05, 4.69) is 24.1 Å². The lowest BCUT2D eigenvalue weighted by Crippen LogP contribution is -2.45. The van der Waals surface area contributed by atoms with Crippen LogP contribution in [0.5, 0.6) is 0 Å². The molecule has 0 aromatic rings.